The second-order valence-electron chi connectivity index (χ2n) is 7.18. The van der Waals surface area contributed by atoms with Gasteiger partial charge in [-0.1, -0.05) is 12.1 Å². The number of aromatic amines is 1. The maximum atomic E-state index is 12.7. The molecule has 3 N–H and O–H groups in total. The van der Waals surface area contributed by atoms with Crippen LogP contribution in [0, 0.1) is 6.92 Å². The first-order valence-electron chi connectivity index (χ1n) is 9.42. The van der Waals surface area contributed by atoms with Gasteiger partial charge in [0.15, 0.2) is 0 Å². The van der Waals surface area contributed by atoms with Gasteiger partial charge in [-0.25, -0.2) is 13.1 Å². The maximum absolute atomic E-state index is 12.7. The van der Waals surface area contributed by atoms with E-state index in [9.17, 15) is 13.2 Å². The van der Waals surface area contributed by atoms with Gasteiger partial charge in [0.05, 0.1) is 4.90 Å². The first kappa shape index (κ1) is 18.7. The normalized spacial score (nSPS) is 14.5. The number of nitrogens with one attached hydrogen (secondary N) is 3. The van der Waals surface area contributed by atoms with Crippen LogP contribution in [-0.2, 0) is 27.7 Å². The molecular formula is C21H23N3O3S. The number of fused-ring (bicyclic) bond motifs is 2. The predicted octanol–water partition coefficient (Wildman–Crippen LogP) is 3.27. The third kappa shape index (κ3) is 3.68. The molecule has 0 saturated heterocycles. The van der Waals surface area contributed by atoms with Crippen molar-refractivity contribution in [3.63, 3.8) is 0 Å². The monoisotopic (exact) mass is 397 g/mol. The van der Waals surface area contributed by atoms with Gasteiger partial charge in [-0.3, -0.25) is 4.79 Å². The van der Waals surface area contributed by atoms with Gasteiger partial charge in [-0.15, -0.1) is 0 Å². The largest absolute Gasteiger partial charge is 0.361 e. The summed E-state index contributed by atoms with van der Waals surface area (Å²) in [6.07, 6.45) is 4.41. The Hall–Kier alpha value is -2.64. The number of anilines is 1. The van der Waals surface area contributed by atoms with Crippen molar-refractivity contribution in [2.75, 3.05) is 11.9 Å². The number of hydrogen-bond acceptors (Lipinski definition) is 3. The van der Waals surface area contributed by atoms with Crippen molar-refractivity contribution < 1.29 is 13.2 Å². The van der Waals surface area contributed by atoms with E-state index in [1.165, 1.54) is 5.56 Å². The smallest absolute Gasteiger partial charge is 0.240 e. The minimum absolute atomic E-state index is 0.0264. The van der Waals surface area contributed by atoms with Crippen LogP contribution in [-0.4, -0.2) is 25.9 Å². The third-order valence-electron chi connectivity index (χ3n) is 5.19. The Morgan fingerprint density at radius 2 is 2.00 bits per heavy atom. The topological polar surface area (TPSA) is 91.1 Å². The molecule has 7 heteroatoms. The molecule has 1 amide bonds. The Bertz CT molecular complexity index is 1150. The maximum Gasteiger partial charge on any atom is 0.240 e. The van der Waals surface area contributed by atoms with Crippen LogP contribution in [0.3, 0.4) is 0 Å². The quantitative estimate of drug-likeness (QED) is 0.617. The third-order valence-corrected chi connectivity index (χ3v) is 6.65. The lowest BCUT2D eigenvalue weighted by molar-refractivity contribution is -0.116. The highest BCUT2D eigenvalue weighted by Crippen LogP contribution is 2.25. The standard InChI is InChI=1S/C21H23N3O3S/c1-14-4-2-6-19-21(14)16(13-22-19)10-11-23-28(26,27)17-8-9-18-15(12-17)5-3-7-20(25)24-18/h2,4,6,8-9,12-13,22-23H,3,5,7,10-11H2,1H3,(H,24,25). The molecule has 1 aromatic heterocycles. The van der Waals surface area contributed by atoms with Gasteiger partial charge in [-0.05, 0) is 67.1 Å². The van der Waals surface area contributed by atoms with Crippen molar-refractivity contribution in [3.05, 3.63) is 59.3 Å². The molecule has 6 nitrogen and oxygen atoms in total. The highest BCUT2D eigenvalue weighted by Gasteiger charge is 2.19. The summed E-state index contributed by atoms with van der Waals surface area (Å²) in [5.41, 5.74) is 4.90. The average molecular weight is 398 g/mol. The molecule has 0 atom stereocenters. The lowest BCUT2D eigenvalue weighted by Gasteiger charge is -2.11. The predicted molar refractivity (Wildman–Crippen MR) is 110 cm³/mol. The fourth-order valence-corrected chi connectivity index (χ4v) is 4.85. The van der Waals surface area contributed by atoms with Crippen molar-refractivity contribution >= 4 is 32.5 Å². The summed E-state index contributed by atoms with van der Waals surface area (Å²) in [7, 11) is -3.61. The van der Waals surface area contributed by atoms with Crippen LogP contribution < -0.4 is 10.0 Å². The summed E-state index contributed by atoms with van der Waals surface area (Å²) in [5.74, 6) is -0.0264. The molecular weight excluding hydrogens is 374 g/mol. The van der Waals surface area contributed by atoms with Gasteiger partial charge in [0.2, 0.25) is 15.9 Å². The van der Waals surface area contributed by atoms with E-state index in [1.54, 1.807) is 18.2 Å². The molecule has 0 aliphatic carbocycles. The summed E-state index contributed by atoms with van der Waals surface area (Å²) in [6.45, 7) is 2.37. The first-order chi connectivity index (χ1) is 13.4. The highest BCUT2D eigenvalue weighted by atomic mass is 32.2. The number of H-pyrrole nitrogens is 1. The zero-order valence-electron chi connectivity index (χ0n) is 15.7. The van der Waals surface area contributed by atoms with Crippen LogP contribution in [0.25, 0.3) is 10.9 Å². The minimum Gasteiger partial charge on any atom is -0.361 e. The fraction of sp³-hybridized carbons (Fsp3) is 0.286. The minimum atomic E-state index is -3.61. The number of aromatic nitrogens is 1. The zero-order chi connectivity index (χ0) is 19.7. The summed E-state index contributed by atoms with van der Waals surface area (Å²) >= 11 is 0. The summed E-state index contributed by atoms with van der Waals surface area (Å²) < 4.78 is 28.1. The molecule has 28 heavy (non-hydrogen) atoms. The Labute approximate surface area is 164 Å². The Morgan fingerprint density at radius 3 is 2.86 bits per heavy atom. The second-order valence-corrected chi connectivity index (χ2v) is 8.95. The molecule has 0 radical (unpaired) electrons. The molecule has 0 spiro atoms. The van der Waals surface area contributed by atoms with Crippen LogP contribution in [0.15, 0.2) is 47.5 Å². The number of carbonyl (C=O) groups is 1. The van der Waals surface area contributed by atoms with E-state index in [2.05, 4.69) is 28.0 Å². The number of amides is 1. The van der Waals surface area contributed by atoms with Gasteiger partial charge in [0, 0.05) is 35.8 Å². The van der Waals surface area contributed by atoms with Gasteiger partial charge in [0.25, 0.3) is 0 Å². The lowest BCUT2D eigenvalue weighted by atomic mass is 10.1. The van der Waals surface area contributed by atoms with Crippen LogP contribution in [0.2, 0.25) is 0 Å². The molecule has 146 valence electrons. The number of aryl methyl sites for hydroxylation is 2. The number of sulfonamides is 1. The Kier molecular flexibility index (Phi) is 4.95. The number of rotatable bonds is 5. The van der Waals surface area contributed by atoms with Gasteiger partial charge < -0.3 is 10.3 Å². The van der Waals surface area contributed by atoms with Crippen molar-refractivity contribution in [1.82, 2.24) is 9.71 Å². The van der Waals surface area contributed by atoms with Gasteiger partial charge >= 0.3 is 0 Å². The highest BCUT2D eigenvalue weighted by molar-refractivity contribution is 7.89. The number of benzene rings is 2. The van der Waals surface area contributed by atoms with Crippen LogP contribution in [0.5, 0.6) is 0 Å². The van der Waals surface area contributed by atoms with E-state index in [1.807, 2.05) is 18.3 Å². The Balaban J connectivity index is 1.49. The fourth-order valence-electron chi connectivity index (χ4n) is 3.77. The molecule has 3 aromatic rings. The molecule has 4 rings (SSSR count). The van der Waals surface area contributed by atoms with E-state index in [0.717, 1.165) is 28.5 Å². The molecule has 0 saturated carbocycles. The van der Waals surface area contributed by atoms with E-state index in [0.29, 0.717) is 31.5 Å². The zero-order valence-corrected chi connectivity index (χ0v) is 16.5. The summed E-state index contributed by atoms with van der Waals surface area (Å²) in [6, 6.07) is 11.0. The van der Waals surface area contributed by atoms with E-state index >= 15 is 0 Å². The SMILES string of the molecule is Cc1cccc2[nH]cc(CCNS(=O)(=O)c3ccc4c(c3)CCCC(=O)N4)c12. The molecule has 0 fully saturated rings. The number of carbonyl (C=O) groups excluding carboxylic acids is 1. The lowest BCUT2D eigenvalue weighted by Crippen LogP contribution is -2.26. The number of hydrogen-bond donors (Lipinski definition) is 3. The van der Waals surface area contributed by atoms with Gasteiger partial charge in [0.1, 0.15) is 0 Å². The van der Waals surface area contributed by atoms with Crippen molar-refractivity contribution in [2.24, 2.45) is 0 Å². The van der Waals surface area contributed by atoms with Crippen molar-refractivity contribution in [2.45, 2.75) is 37.5 Å². The van der Waals surface area contributed by atoms with Crippen molar-refractivity contribution in [1.29, 1.82) is 0 Å². The summed E-state index contributed by atoms with van der Waals surface area (Å²) in [4.78, 5) is 15.1. The Morgan fingerprint density at radius 1 is 1.14 bits per heavy atom. The molecule has 2 aromatic carbocycles. The van der Waals surface area contributed by atoms with Crippen LogP contribution in [0.4, 0.5) is 5.69 Å². The first-order valence-corrected chi connectivity index (χ1v) is 10.9. The van der Waals surface area contributed by atoms with Crippen molar-refractivity contribution in [3.8, 4) is 0 Å². The van der Waals surface area contributed by atoms with E-state index in [-0.39, 0.29) is 10.8 Å². The average Bonchev–Trinajstić information content (AvgIpc) is 2.97. The summed E-state index contributed by atoms with van der Waals surface area (Å²) in [5, 5.41) is 3.98. The molecule has 1 aliphatic rings. The second kappa shape index (κ2) is 7.41. The van der Waals surface area contributed by atoms with Gasteiger partial charge in [-0.2, -0.15) is 0 Å². The van der Waals surface area contributed by atoms with Crippen LogP contribution in [0.1, 0.15) is 29.5 Å². The molecule has 0 bridgehead atoms. The van der Waals surface area contributed by atoms with E-state index in [4.69, 9.17) is 0 Å². The molecule has 0 unspecified atom stereocenters. The van der Waals surface area contributed by atoms with Crippen LogP contribution >= 0.6 is 0 Å². The molecule has 2 heterocycles. The van der Waals surface area contributed by atoms with E-state index < -0.39 is 10.0 Å². The molecule has 1 aliphatic heterocycles.